The Morgan fingerprint density at radius 2 is 0.929 bits per heavy atom. The number of rotatable bonds is 10. The molecule has 362 valence electrons. The monoisotopic (exact) mass is 958 g/mol. The van der Waals surface area contributed by atoms with Gasteiger partial charge in [0.25, 0.3) is 0 Å². The Hall–Kier alpha value is -6.28. The van der Waals surface area contributed by atoms with Gasteiger partial charge in [0, 0.05) is 37.6 Å². The number of carboxylic acid groups (broad SMARTS) is 1. The summed E-state index contributed by atoms with van der Waals surface area (Å²) in [5.74, 6) is -1.84. The molecule has 0 atom stereocenters. The number of ether oxygens (including phenoxy) is 3. The van der Waals surface area contributed by atoms with Crippen molar-refractivity contribution in [2.75, 3.05) is 30.0 Å². The molecule has 70 heavy (non-hydrogen) atoms. The first kappa shape index (κ1) is 56.3. The quantitative estimate of drug-likeness (QED) is 0.0797. The first-order chi connectivity index (χ1) is 32.0. The Morgan fingerprint density at radius 1 is 0.543 bits per heavy atom. The second kappa shape index (κ2) is 24.5. The molecule has 0 amide bonds. The summed E-state index contributed by atoms with van der Waals surface area (Å²) in [6, 6.07) is 42.8. The number of carbonyl (C=O) groups is 4. The van der Waals surface area contributed by atoms with Crippen LogP contribution in [0.1, 0.15) is 118 Å². The zero-order chi connectivity index (χ0) is 47.9. The molecular weight excluding hydrogens is 896 g/mol. The van der Waals surface area contributed by atoms with E-state index in [1.807, 2.05) is 120 Å². The molecule has 2 aliphatic heterocycles. The van der Waals surface area contributed by atoms with Crippen LogP contribution in [0.5, 0.6) is 0 Å². The van der Waals surface area contributed by atoms with Gasteiger partial charge in [-0.2, -0.15) is 0 Å². The number of carboxylic acids is 1. The maximum absolute atomic E-state index is 12.7. The van der Waals surface area contributed by atoms with E-state index in [0.717, 1.165) is 90.9 Å². The molecule has 4 N–H and O–H groups in total. The van der Waals surface area contributed by atoms with Crippen LogP contribution in [0.3, 0.4) is 0 Å². The van der Waals surface area contributed by atoms with E-state index in [4.69, 9.17) is 14.2 Å². The minimum atomic E-state index is -0.892. The molecule has 12 nitrogen and oxygen atoms in total. The second-order valence-electron chi connectivity index (χ2n) is 19.0. The number of aromatic carboxylic acids is 1. The van der Waals surface area contributed by atoms with Crippen molar-refractivity contribution in [1.29, 1.82) is 0 Å². The van der Waals surface area contributed by atoms with E-state index < -0.39 is 17.2 Å². The van der Waals surface area contributed by atoms with Crippen LogP contribution >= 0.6 is 0 Å². The number of anilines is 2. The van der Waals surface area contributed by atoms with E-state index in [1.54, 1.807) is 18.2 Å². The molecule has 0 radical (unpaired) electrons. The van der Waals surface area contributed by atoms with Gasteiger partial charge in [-0.25, -0.2) is 19.2 Å². The zero-order valence-electron chi connectivity index (χ0n) is 41.5. The number of aryl methyl sites for hydroxylation is 2. The molecule has 0 fully saturated rings. The van der Waals surface area contributed by atoms with Gasteiger partial charge in [-0.15, -0.1) is 0 Å². The summed E-state index contributed by atoms with van der Waals surface area (Å²) in [6.45, 7) is 14.6. The molecule has 8 rings (SSSR count). The van der Waals surface area contributed by atoms with Crippen LogP contribution < -0.4 is 39.4 Å². The zero-order valence-corrected chi connectivity index (χ0v) is 43.5. The van der Waals surface area contributed by atoms with Crippen LogP contribution in [0, 0.1) is 0 Å². The van der Waals surface area contributed by atoms with Crippen molar-refractivity contribution in [2.45, 2.75) is 91.5 Å². The van der Waals surface area contributed by atoms with Gasteiger partial charge < -0.3 is 40.1 Å². The second-order valence-corrected chi connectivity index (χ2v) is 19.0. The molecule has 0 aromatic heterocycles. The van der Waals surface area contributed by atoms with Crippen LogP contribution in [0.4, 0.5) is 11.4 Å². The summed E-state index contributed by atoms with van der Waals surface area (Å²) in [5.41, 5.74) is 11.5. The molecule has 6 aromatic rings. The maximum Gasteiger partial charge on any atom is 1.00 e. The largest absolute Gasteiger partial charge is 1.00 e. The number of nitrogens with zero attached hydrogens (tertiary/aromatic N) is 2. The summed E-state index contributed by atoms with van der Waals surface area (Å²) in [4.78, 5) is 53.3. The minimum Gasteiger partial charge on any atom is -0.870 e. The SMILES string of the molecule is CC(C)(C)OC(=O)c1ccccc1-c1ccc(CN2CCCc3cc(C(=O)O)ccc32)cc1.COC(=O)c1ccc2c(c1)CCCN2Cc1ccc(-c2ccccc2C(=O)OC(C)(C)C)cc1.O.[Na+].[OH-]. The number of fused-ring (bicyclic) bond motifs is 2. The molecule has 2 aliphatic rings. The fourth-order valence-electron chi connectivity index (χ4n) is 8.57. The van der Waals surface area contributed by atoms with Gasteiger partial charge in [0.1, 0.15) is 11.2 Å². The van der Waals surface area contributed by atoms with E-state index >= 15 is 0 Å². The van der Waals surface area contributed by atoms with Gasteiger partial charge >= 0.3 is 53.4 Å². The van der Waals surface area contributed by atoms with Crippen LogP contribution in [0.2, 0.25) is 0 Å². The third-order valence-electron chi connectivity index (χ3n) is 11.6. The number of hydrogen-bond donors (Lipinski definition) is 1. The predicted octanol–water partition coefficient (Wildman–Crippen LogP) is 8.01. The Labute approximate surface area is 433 Å². The predicted molar refractivity (Wildman–Crippen MR) is 270 cm³/mol. The molecular formula is C57H63N2NaO10. The fourth-order valence-corrected chi connectivity index (χ4v) is 8.57. The van der Waals surface area contributed by atoms with E-state index in [-0.39, 0.29) is 58.4 Å². The van der Waals surface area contributed by atoms with Gasteiger partial charge in [-0.1, -0.05) is 84.9 Å². The summed E-state index contributed by atoms with van der Waals surface area (Å²) in [6.07, 6.45) is 3.89. The topological polar surface area (TPSA) is 184 Å². The van der Waals surface area contributed by atoms with Crippen LogP contribution in [0.25, 0.3) is 22.3 Å². The normalized spacial score (nSPS) is 12.7. The third-order valence-corrected chi connectivity index (χ3v) is 11.6. The van der Waals surface area contributed by atoms with E-state index in [1.165, 1.54) is 23.9 Å². The number of hydrogen-bond acceptors (Lipinski definition) is 10. The van der Waals surface area contributed by atoms with Crippen LogP contribution in [0.15, 0.2) is 133 Å². The Morgan fingerprint density at radius 3 is 1.31 bits per heavy atom. The molecule has 0 bridgehead atoms. The number of benzene rings is 6. The third kappa shape index (κ3) is 14.4. The number of methoxy groups -OCH3 is 1. The average molecular weight is 959 g/mol. The van der Waals surface area contributed by atoms with E-state index in [9.17, 15) is 24.3 Å². The van der Waals surface area contributed by atoms with Gasteiger partial charge in [0.2, 0.25) is 0 Å². The van der Waals surface area contributed by atoms with Gasteiger partial charge in [0.15, 0.2) is 0 Å². The molecule has 13 heteroatoms. The smallest absolute Gasteiger partial charge is 0.870 e. The van der Waals surface area contributed by atoms with E-state index in [2.05, 4.69) is 46.2 Å². The molecule has 6 aromatic carbocycles. The molecule has 0 saturated heterocycles. The summed E-state index contributed by atoms with van der Waals surface area (Å²) < 4.78 is 16.0. The minimum absolute atomic E-state index is 0. The van der Waals surface area contributed by atoms with Crippen molar-refractivity contribution in [3.63, 3.8) is 0 Å². The summed E-state index contributed by atoms with van der Waals surface area (Å²) in [7, 11) is 1.41. The average Bonchev–Trinajstić information content (AvgIpc) is 3.31. The molecule has 0 aliphatic carbocycles. The van der Waals surface area contributed by atoms with Crippen LogP contribution in [-0.2, 0) is 40.1 Å². The van der Waals surface area contributed by atoms with Crippen molar-refractivity contribution in [1.82, 2.24) is 0 Å². The summed E-state index contributed by atoms with van der Waals surface area (Å²) in [5, 5.41) is 9.27. The Bertz CT molecular complexity index is 2760. The van der Waals surface area contributed by atoms with Crippen molar-refractivity contribution >= 4 is 35.3 Å². The van der Waals surface area contributed by atoms with Gasteiger partial charge in [-0.05, 0) is 160 Å². The molecule has 0 spiro atoms. The first-order valence-electron chi connectivity index (χ1n) is 22.9. The number of esters is 3. The van der Waals surface area contributed by atoms with Crippen molar-refractivity contribution in [3.05, 3.63) is 178 Å². The molecule has 0 saturated carbocycles. The van der Waals surface area contributed by atoms with Crippen LogP contribution in [-0.4, -0.2) is 71.3 Å². The van der Waals surface area contributed by atoms with Gasteiger partial charge in [0.05, 0.1) is 29.4 Å². The van der Waals surface area contributed by atoms with Crippen molar-refractivity contribution in [3.8, 4) is 22.3 Å². The standard InChI is InChI=1S/C29H31NO4.C28H29NO4.Na.2H2O/c1-29(2,3)34-28(32)25-10-6-5-9-24(25)21-13-11-20(12-14-21)19-30-17-7-8-22-18-23(27(31)33-4)15-16-26(22)30;1-28(2,3)33-27(32)24-9-5-4-8-23(24)20-12-10-19(11-13-20)18-29-16-6-7-21-17-22(26(30)31)14-15-25(21)29;;;/h5-6,9-16,18H,7-8,17,19H2,1-4H3;4-5,8-15,17H,6-7,16,18H2,1-3H3,(H,30,31);;2*1H2/q;;+1;;/p-1. The summed E-state index contributed by atoms with van der Waals surface area (Å²) >= 11 is 0. The van der Waals surface area contributed by atoms with Crippen molar-refractivity contribution in [2.24, 2.45) is 0 Å². The maximum atomic E-state index is 12.7. The molecule has 0 unspecified atom stereocenters. The fraction of sp³-hybridized carbons (Fsp3) is 0.298. The number of carbonyl (C=O) groups excluding carboxylic acids is 3. The molecule has 2 heterocycles. The first-order valence-corrected chi connectivity index (χ1v) is 22.9. The Balaban J connectivity index is 0.000000292. The van der Waals surface area contributed by atoms with Crippen molar-refractivity contribution < 1.29 is 79.0 Å². The van der Waals surface area contributed by atoms with E-state index in [0.29, 0.717) is 22.3 Å². The Kier molecular flexibility index (Phi) is 19.7. The van der Waals surface area contributed by atoms with Gasteiger partial charge in [-0.3, -0.25) is 0 Å².